The molecular formula is C12H14I2N4O. The number of halogens is 2. The largest absolute Gasteiger partial charge is 0.381 e. The summed E-state index contributed by atoms with van der Waals surface area (Å²) in [5.41, 5.74) is 2.25. The van der Waals surface area contributed by atoms with Gasteiger partial charge in [-0.05, 0) is 58.0 Å². The van der Waals surface area contributed by atoms with Gasteiger partial charge in [0.2, 0.25) is 0 Å². The van der Waals surface area contributed by atoms with Crippen molar-refractivity contribution in [3.05, 3.63) is 30.9 Å². The van der Waals surface area contributed by atoms with Gasteiger partial charge in [-0.1, -0.05) is 0 Å². The molecule has 0 bridgehead atoms. The standard InChI is InChI=1S/C12H14I2N4O/c13-9-6-15-16-11(9)5-12-10(14)7-18(17-12)8-1-3-19-4-2-8/h6-8H,1-5H2,(H,15,16). The lowest BCUT2D eigenvalue weighted by Crippen LogP contribution is -2.20. The van der Waals surface area contributed by atoms with E-state index in [4.69, 9.17) is 9.84 Å². The van der Waals surface area contributed by atoms with Gasteiger partial charge in [-0.25, -0.2) is 0 Å². The zero-order chi connectivity index (χ0) is 13.2. The predicted molar refractivity (Wildman–Crippen MR) is 88.1 cm³/mol. The van der Waals surface area contributed by atoms with Gasteiger partial charge in [-0.3, -0.25) is 9.78 Å². The highest BCUT2D eigenvalue weighted by molar-refractivity contribution is 14.1. The summed E-state index contributed by atoms with van der Waals surface area (Å²) in [7, 11) is 0. The Balaban J connectivity index is 1.79. The van der Waals surface area contributed by atoms with Crippen molar-refractivity contribution < 1.29 is 4.74 Å². The first-order valence-corrected chi connectivity index (χ1v) is 8.39. The van der Waals surface area contributed by atoms with Gasteiger partial charge in [0.15, 0.2) is 0 Å². The fourth-order valence-electron chi connectivity index (χ4n) is 2.25. The maximum Gasteiger partial charge on any atom is 0.0817 e. The number of nitrogens with one attached hydrogen (secondary N) is 1. The van der Waals surface area contributed by atoms with Crippen LogP contribution in [0.25, 0.3) is 0 Å². The number of ether oxygens (including phenoxy) is 1. The van der Waals surface area contributed by atoms with Gasteiger partial charge in [-0.15, -0.1) is 0 Å². The zero-order valence-electron chi connectivity index (χ0n) is 10.3. The van der Waals surface area contributed by atoms with Crippen LogP contribution in [0.1, 0.15) is 30.3 Å². The van der Waals surface area contributed by atoms with Crippen molar-refractivity contribution in [1.29, 1.82) is 0 Å². The maximum atomic E-state index is 5.40. The molecule has 2 aromatic rings. The number of aromatic nitrogens is 4. The second-order valence-electron chi connectivity index (χ2n) is 4.62. The van der Waals surface area contributed by atoms with Crippen molar-refractivity contribution >= 4 is 45.2 Å². The summed E-state index contributed by atoms with van der Waals surface area (Å²) in [6, 6.07) is 0.483. The van der Waals surface area contributed by atoms with Crippen LogP contribution < -0.4 is 0 Å². The van der Waals surface area contributed by atoms with E-state index in [1.54, 1.807) is 0 Å². The molecule has 102 valence electrons. The molecule has 0 aliphatic carbocycles. The Morgan fingerprint density at radius 2 is 2.11 bits per heavy atom. The Hall–Kier alpha value is -0.160. The number of hydrogen-bond acceptors (Lipinski definition) is 3. The van der Waals surface area contributed by atoms with E-state index in [9.17, 15) is 0 Å². The van der Waals surface area contributed by atoms with Gasteiger partial charge in [0.05, 0.1) is 30.8 Å². The van der Waals surface area contributed by atoms with Crippen LogP contribution in [-0.4, -0.2) is 33.2 Å². The number of hydrogen-bond donors (Lipinski definition) is 1. The molecule has 1 aliphatic rings. The SMILES string of the molecule is Ic1cn(C2CCOCC2)nc1Cc1[nH]ncc1I. The first-order valence-electron chi connectivity index (χ1n) is 6.23. The molecule has 3 rings (SSSR count). The Morgan fingerprint density at radius 1 is 1.32 bits per heavy atom. The van der Waals surface area contributed by atoms with Gasteiger partial charge in [0, 0.05) is 25.8 Å². The molecule has 5 nitrogen and oxygen atoms in total. The average molecular weight is 484 g/mol. The monoisotopic (exact) mass is 484 g/mol. The molecule has 1 N–H and O–H groups in total. The van der Waals surface area contributed by atoms with Crippen molar-refractivity contribution in [2.45, 2.75) is 25.3 Å². The predicted octanol–water partition coefficient (Wildman–Crippen LogP) is 2.76. The van der Waals surface area contributed by atoms with Crippen molar-refractivity contribution in [2.75, 3.05) is 13.2 Å². The molecule has 1 fully saturated rings. The molecule has 0 unspecified atom stereocenters. The van der Waals surface area contributed by atoms with Gasteiger partial charge in [-0.2, -0.15) is 10.2 Å². The molecule has 0 aromatic carbocycles. The molecule has 1 saturated heterocycles. The minimum absolute atomic E-state index is 0.483. The summed E-state index contributed by atoms with van der Waals surface area (Å²) in [4.78, 5) is 0. The van der Waals surface area contributed by atoms with Crippen LogP contribution in [0.4, 0.5) is 0 Å². The van der Waals surface area contributed by atoms with E-state index >= 15 is 0 Å². The molecule has 3 heterocycles. The molecule has 0 atom stereocenters. The summed E-state index contributed by atoms with van der Waals surface area (Å²) in [5.74, 6) is 0. The van der Waals surface area contributed by atoms with Crippen LogP contribution in [-0.2, 0) is 11.2 Å². The summed E-state index contributed by atoms with van der Waals surface area (Å²) in [6.45, 7) is 1.68. The normalized spacial score (nSPS) is 16.9. The molecule has 19 heavy (non-hydrogen) atoms. The quantitative estimate of drug-likeness (QED) is 0.683. The van der Waals surface area contributed by atoms with Gasteiger partial charge < -0.3 is 4.74 Å². The fourth-order valence-corrected chi connectivity index (χ4v) is 3.29. The summed E-state index contributed by atoms with van der Waals surface area (Å²) < 4.78 is 9.89. The first-order chi connectivity index (χ1) is 9.24. The van der Waals surface area contributed by atoms with Crippen molar-refractivity contribution in [2.24, 2.45) is 0 Å². The second-order valence-corrected chi connectivity index (χ2v) is 6.94. The van der Waals surface area contributed by atoms with E-state index in [2.05, 4.69) is 66.3 Å². The van der Waals surface area contributed by atoms with Crippen LogP contribution in [0.2, 0.25) is 0 Å². The third-order valence-corrected chi connectivity index (χ3v) is 5.16. The summed E-state index contributed by atoms with van der Waals surface area (Å²) in [5, 5.41) is 11.8. The maximum absolute atomic E-state index is 5.40. The van der Waals surface area contributed by atoms with Crippen molar-refractivity contribution in [1.82, 2.24) is 20.0 Å². The van der Waals surface area contributed by atoms with Gasteiger partial charge in [0.25, 0.3) is 0 Å². The van der Waals surface area contributed by atoms with E-state index in [0.717, 1.165) is 47.4 Å². The lowest BCUT2D eigenvalue weighted by Gasteiger charge is -2.22. The van der Waals surface area contributed by atoms with E-state index in [1.807, 2.05) is 6.20 Å². The highest BCUT2D eigenvalue weighted by Gasteiger charge is 2.19. The molecule has 2 aromatic heterocycles. The minimum atomic E-state index is 0.483. The molecule has 0 amide bonds. The number of H-pyrrole nitrogens is 1. The Labute approximate surface area is 138 Å². The molecular weight excluding hydrogens is 470 g/mol. The molecule has 0 saturated carbocycles. The first kappa shape index (κ1) is 13.8. The van der Waals surface area contributed by atoms with E-state index < -0.39 is 0 Å². The van der Waals surface area contributed by atoms with E-state index in [-0.39, 0.29) is 0 Å². The topological polar surface area (TPSA) is 55.7 Å². The van der Waals surface area contributed by atoms with Crippen LogP contribution in [0.3, 0.4) is 0 Å². The minimum Gasteiger partial charge on any atom is -0.381 e. The zero-order valence-corrected chi connectivity index (χ0v) is 14.6. The summed E-state index contributed by atoms with van der Waals surface area (Å²) >= 11 is 4.66. The Kier molecular flexibility index (Phi) is 4.42. The van der Waals surface area contributed by atoms with Gasteiger partial charge in [0.1, 0.15) is 0 Å². The Morgan fingerprint density at radius 3 is 2.79 bits per heavy atom. The fraction of sp³-hybridized carbons (Fsp3) is 0.500. The Bertz CT molecular complexity index is 560. The highest BCUT2D eigenvalue weighted by atomic mass is 127. The van der Waals surface area contributed by atoms with E-state index in [1.165, 1.54) is 3.57 Å². The smallest absolute Gasteiger partial charge is 0.0817 e. The van der Waals surface area contributed by atoms with Gasteiger partial charge >= 0.3 is 0 Å². The lowest BCUT2D eigenvalue weighted by molar-refractivity contribution is 0.0661. The van der Waals surface area contributed by atoms with Crippen LogP contribution in [0.15, 0.2) is 12.4 Å². The second kappa shape index (κ2) is 6.08. The summed E-state index contributed by atoms with van der Waals surface area (Å²) in [6.07, 6.45) is 6.91. The third kappa shape index (κ3) is 3.13. The molecule has 0 radical (unpaired) electrons. The number of aromatic amines is 1. The van der Waals surface area contributed by atoms with Crippen molar-refractivity contribution in [3.8, 4) is 0 Å². The van der Waals surface area contributed by atoms with Crippen LogP contribution >= 0.6 is 45.2 Å². The molecule has 7 heteroatoms. The molecule has 0 spiro atoms. The van der Waals surface area contributed by atoms with Crippen molar-refractivity contribution in [3.63, 3.8) is 0 Å². The number of nitrogens with zero attached hydrogens (tertiary/aromatic N) is 3. The third-order valence-electron chi connectivity index (χ3n) is 3.33. The van der Waals surface area contributed by atoms with Crippen LogP contribution in [0, 0.1) is 7.14 Å². The van der Waals surface area contributed by atoms with Crippen LogP contribution in [0.5, 0.6) is 0 Å². The highest BCUT2D eigenvalue weighted by Crippen LogP contribution is 2.24. The number of rotatable bonds is 3. The van der Waals surface area contributed by atoms with E-state index in [0.29, 0.717) is 6.04 Å². The molecule has 1 aliphatic heterocycles. The average Bonchev–Trinajstić information content (AvgIpc) is 2.99. The lowest BCUT2D eigenvalue weighted by atomic mass is 10.1.